The lowest BCUT2D eigenvalue weighted by molar-refractivity contribution is 0.0624. The number of ether oxygens (including phenoxy) is 2. The van der Waals surface area contributed by atoms with Crippen molar-refractivity contribution in [3.63, 3.8) is 0 Å². The summed E-state index contributed by atoms with van der Waals surface area (Å²) in [6.45, 7) is 4.94. The SMILES string of the molecule is CCN(C)/C=N/c1cc(Br)c(OC2CCCC(Oc3ccccn3)C2)nc1C. The number of nitrogens with zero attached hydrogens (tertiary/aromatic N) is 4. The number of hydrogen-bond acceptors (Lipinski definition) is 5. The van der Waals surface area contributed by atoms with Crippen LogP contribution in [0.2, 0.25) is 0 Å². The van der Waals surface area contributed by atoms with E-state index in [4.69, 9.17) is 9.47 Å². The fraction of sp³-hybridized carbons (Fsp3) is 0.476. The van der Waals surface area contributed by atoms with E-state index in [1.165, 1.54) is 0 Å². The Labute approximate surface area is 175 Å². The molecular weight excluding hydrogens is 420 g/mol. The van der Waals surface area contributed by atoms with Crippen LogP contribution in [0.15, 0.2) is 39.9 Å². The maximum Gasteiger partial charge on any atom is 0.228 e. The largest absolute Gasteiger partial charge is 0.474 e. The molecule has 2 atom stereocenters. The number of halogens is 1. The van der Waals surface area contributed by atoms with Crippen molar-refractivity contribution in [2.24, 2.45) is 4.99 Å². The highest BCUT2D eigenvalue weighted by Crippen LogP contribution is 2.33. The summed E-state index contributed by atoms with van der Waals surface area (Å²) in [6, 6.07) is 7.67. The molecule has 0 aromatic carbocycles. The van der Waals surface area contributed by atoms with Crippen LogP contribution in [-0.4, -0.2) is 47.0 Å². The Balaban J connectivity index is 1.64. The molecule has 7 heteroatoms. The number of aryl methyl sites for hydroxylation is 1. The van der Waals surface area contributed by atoms with Gasteiger partial charge in [0, 0.05) is 32.3 Å². The molecule has 0 N–H and O–H groups in total. The van der Waals surface area contributed by atoms with Crippen LogP contribution in [0.5, 0.6) is 11.8 Å². The minimum atomic E-state index is 0.0752. The van der Waals surface area contributed by atoms with Crippen LogP contribution in [0.1, 0.15) is 38.3 Å². The first-order valence-electron chi connectivity index (χ1n) is 9.71. The van der Waals surface area contributed by atoms with Gasteiger partial charge in [-0.15, -0.1) is 0 Å². The van der Waals surface area contributed by atoms with E-state index in [2.05, 4.69) is 37.8 Å². The lowest BCUT2D eigenvalue weighted by Gasteiger charge is -2.29. The maximum atomic E-state index is 6.22. The van der Waals surface area contributed by atoms with Gasteiger partial charge in [-0.25, -0.2) is 15.0 Å². The van der Waals surface area contributed by atoms with E-state index < -0.39 is 0 Å². The molecule has 1 aliphatic rings. The molecule has 28 heavy (non-hydrogen) atoms. The van der Waals surface area contributed by atoms with Crippen molar-refractivity contribution >= 4 is 28.0 Å². The molecule has 2 heterocycles. The van der Waals surface area contributed by atoms with Crippen molar-refractivity contribution in [3.8, 4) is 11.8 Å². The summed E-state index contributed by atoms with van der Waals surface area (Å²) >= 11 is 3.58. The van der Waals surface area contributed by atoms with E-state index in [0.29, 0.717) is 11.8 Å². The molecule has 0 spiro atoms. The number of aromatic nitrogens is 2. The predicted octanol–water partition coefficient (Wildman–Crippen LogP) is 4.93. The molecule has 0 aliphatic heterocycles. The highest BCUT2D eigenvalue weighted by Gasteiger charge is 2.26. The van der Waals surface area contributed by atoms with E-state index in [1.807, 2.05) is 49.5 Å². The normalized spacial score (nSPS) is 19.6. The van der Waals surface area contributed by atoms with Gasteiger partial charge >= 0.3 is 0 Å². The first-order valence-corrected chi connectivity index (χ1v) is 10.5. The summed E-state index contributed by atoms with van der Waals surface area (Å²) in [4.78, 5) is 15.4. The minimum Gasteiger partial charge on any atom is -0.474 e. The second kappa shape index (κ2) is 9.87. The maximum absolute atomic E-state index is 6.22. The van der Waals surface area contributed by atoms with Crippen molar-refractivity contribution in [1.82, 2.24) is 14.9 Å². The molecular formula is C21H27BrN4O2. The zero-order valence-electron chi connectivity index (χ0n) is 16.6. The quantitative estimate of drug-likeness (QED) is 0.445. The molecule has 6 nitrogen and oxygen atoms in total. The fourth-order valence-electron chi connectivity index (χ4n) is 3.07. The zero-order chi connectivity index (χ0) is 19.9. The molecule has 0 radical (unpaired) electrons. The van der Waals surface area contributed by atoms with Crippen LogP contribution in [-0.2, 0) is 0 Å². The molecule has 150 valence electrons. The fourth-order valence-corrected chi connectivity index (χ4v) is 3.47. The molecule has 0 bridgehead atoms. The van der Waals surface area contributed by atoms with Gasteiger partial charge in [-0.3, -0.25) is 0 Å². The second-order valence-electron chi connectivity index (χ2n) is 7.01. The standard InChI is InChI=1S/C21H27BrN4O2/c1-4-26(3)14-24-19-13-18(22)21(25-15(19)2)28-17-9-7-8-16(12-17)27-20-10-5-6-11-23-20/h5-6,10-11,13-14,16-17H,4,7-9,12H2,1-3H3/b24-14+. The molecule has 1 aliphatic carbocycles. The van der Waals surface area contributed by atoms with Crippen LogP contribution >= 0.6 is 15.9 Å². The Hall–Kier alpha value is -2.15. The molecule has 1 saturated carbocycles. The number of aliphatic imine (C=N–C) groups is 1. The molecule has 3 rings (SSSR count). The first kappa shape index (κ1) is 20.6. The van der Waals surface area contributed by atoms with Crippen molar-refractivity contribution in [2.75, 3.05) is 13.6 Å². The molecule has 1 fully saturated rings. The second-order valence-corrected chi connectivity index (χ2v) is 7.87. The van der Waals surface area contributed by atoms with Gasteiger partial charge in [0.1, 0.15) is 12.2 Å². The van der Waals surface area contributed by atoms with Crippen molar-refractivity contribution < 1.29 is 9.47 Å². The van der Waals surface area contributed by atoms with Crippen LogP contribution in [0, 0.1) is 6.92 Å². The smallest absolute Gasteiger partial charge is 0.228 e. The Bertz CT molecular complexity index is 800. The van der Waals surface area contributed by atoms with Gasteiger partial charge in [-0.1, -0.05) is 6.07 Å². The van der Waals surface area contributed by atoms with E-state index in [0.717, 1.165) is 48.1 Å². The van der Waals surface area contributed by atoms with Crippen LogP contribution < -0.4 is 9.47 Å². The third kappa shape index (κ3) is 5.67. The van der Waals surface area contributed by atoms with E-state index >= 15 is 0 Å². The first-order chi connectivity index (χ1) is 13.5. The topological polar surface area (TPSA) is 59.8 Å². The number of hydrogen-bond donors (Lipinski definition) is 0. The van der Waals surface area contributed by atoms with Crippen molar-refractivity contribution in [1.29, 1.82) is 0 Å². The zero-order valence-corrected chi connectivity index (χ0v) is 18.2. The molecule has 0 amide bonds. The average molecular weight is 447 g/mol. The Morgan fingerprint density at radius 3 is 2.79 bits per heavy atom. The molecule has 2 unspecified atom stereocenters. The van der Waals surface area contributed by atoms with E-state index in [9.17, 15) is 0 Å². The van der Waals surface area contributed by atoms with Crippen LogP contribution in [0.4, 0.5) is 5.69 Å². The van der Waals surface area contributed by atoms with Crippen LogP contribution in [0.3, 0.4) is 0 Å². The Morgan fingerprint density at radius 2 is 2.07 bits per heavy atom. The van der Waals surface area contributed by atoms with Gasteiger partial charge in [0.2, 0.25) is 11.8 Å². The van der Waals surface area contributed by atoms with Crippen molar-refractivity contribution in [2.45, 2.75) is 51.7 Å². The third-order valence-corrected chi connectivity index (χ3v) is 5.35. The Kier molecular flexibility index (Phi) is 7.25. The van der Waals surface area contributed by atoms with Gasteiger partial charge in [-0.2, -0.15) is 0 Å². The van der Waals surface area contributed by atoms with E-state index in [-0.39, 0.29) is 12.2 Å². The highest BCUT2D eigenvalue weighted by molar-refractivity contribution is 9.10. The highest BCUT2D eigenvalue weighted by atomic mass is 79.9. The summed E-state index contributed by atoms with van der Waals surface area (Å²) in [7, 11) is 1.99. The van der Waals surface area contributed by atoms with Crippen LogP contribution in [0.25, 0.3) is 0 Å². The summed E-state index contributed by atoms with van der Waals surface area (Å²) in [5, 5.41) is 0. The summed E-state index contributed by atoms with van der Waals surface area (Å²) < 4.78 is 13.0. The van der Waals surface area contributed by atoms with Gasteiger partial charge < -0.3 is 14.4 Å². The summed E-state index contributed by atoms with van der Waals surface area (Å²) in [5.41, 5.74) is 1.68. The monoisotopic (exact) mass is 446 g/mol. The summed E-state index contributed by atoms with van der Waals surface area (Å²) in [5.74, 6) is 1.28. The van der Waals surface area contributed by atoms with E-state index in [1.54, 1.807) is 6.20 Å². The molecule has 2 aromatic rings. The lowest BCUT2D eigenvalue weighted by Crippen LogP contribution is -2.32. The molecule has 0 saturated heterocycles. The lowest BCUT2D eigenvalue weighted by atomic mass is 9.95. The predicted molar refractivity (Wildman–Crippen MR) is 115 cm³/mol. The Morgan fingerprint density at radius 1 is 1.29 bits per heavy atom. The van der Waals surface area contributed by atoms with Crippen molar-refractivity contribution in [3.05, 3.63) is 40.6 Å². The average Bonchev–Trinajstić information content (AvgIpc) is 2.70. The third-order valence-electron chi connectivity index (χ3n) is 4.78. The van der Waals surface area contributed by atoms with Gasteiger partial charge in [0.25, 0.3) is 0 Å². The minimum absolute atomic E-state index is 0.0752. The molecule has 2 aromatic heterocycles. The number of pyridine rings is 2. The van der Waals surface area contributed by atoms with Gasteiger partial charge in [-0.05, 0) is 61.2 Å². The van der Waals surface area contributed by atoms with Gasteiger partial charge in [0.05, 0.1) is 22.2 Å². The van der Waals surface area contributed by atoms with Gasteiger partial charge in [0.15, 0.2) is 0 Å². The number of rotatable bonds is 7. The summed E-state index contributed by atoms with van der Waals surface area (Å²) in [6.07, 6.45) is 7.65.